The molecule has 0 spiro atoms. The van der Waals surface area contributed by atoms with Crippen LogP contribution in [0, 0.1) is 5.82 Å². The summed E-state index contributed by atoms with van der Waals surface area (Å²) in [6.07, 6.45) is 0. The minimum absolute atomic E-state index is 0.0325. The number of halogens is 2. The first-order valence-electron chi connectivity index (χ1n) is 9.28. The van der Waals surface area contributed by atoms with Gasteiger partial charge in [-0.15, -0.1) is 0 Å². The second kappa shape index (κ2) is 10.1. The highest BCUT2D eigenvalue weighted by Gasteiger charge is 2.11. The van der Waals surface area contributed by atoms with E-state index >= 15 is 0 Å². The van der Waals surface area contributed by atoms with Crippen LogP contribution in [0.25, 0.3) is 0 Å². The van der Waals surface area contributed by atoms with Crippen LogP contribution >= 0.6 is 11.6 Å². The lowest BCUT2D eigenvalue weighted by atomic mass is 10.1. The van der Waals surface area contributed by atoms with Crippen molar-refractivity contribution in [3.8, 4) is 17.2 Å². The Labute approximate surface area is 175 Å². The van der Waals surface area contributed by atoms with Crippen molar-refractivity contribution < 1.29 is 23.9 Å². The van der Waals surface area contributed by atoms with Crippen molar-refractivity contribution in [1.82, 2.24) is 0 Å². The Morgan fingerprint density at radius 2 is 1.59 bits per heavy atom. The Bertz CT molecular complexity index is 927. The number of benzene rings is 3. The summed E-state index contributed by atoms with van der Waals surface area (Å²) < 4.78 is 30.3. The van der Waals surface area contributed by atoms with E-state index in [4.69, 9.17) is 25.8 Å². The average Bonchev–Trinajstić information content (AvgIpc) is 2.74. The zero-order chi connectivity index (χ0) is 20.6. The summed E-state index contributed by atoms with van der Waals surface area (Å²) >= 11 is 6.06. The molecule has 0 unspecified atom stereocenters. The van der Waals surface area contributed by atoms with Crippen LogP contribution in [0.1, 0.15) is 16.7 Å². The van der Waals surface area contributed by atoms with Gasteiger partial charge in [-0.1, -0.05) is 17.7 Å². The molecule has 3 aromatic carbocycles. The Kier molecular flexibility index (Phi) is 7.33. The van der Waals surface area contributed by atoms with Gasteiger partial charge < -0.3 is 19.5 Å². The van der Waals surface area contributed by atoms with Crippen LogP contribution in [0.5, 0.6) is 17.2 Å². The van der Waals surface area contributed by atoms with Crippen molar-refractivity contribution in [2.45, 2.75) is 19.7 Å². The summed E-state index contributed by atoms with van der Waals surface area (Å²) in [7, 11) is 3.25. The van der Waals surface area contributed by atoms with Gasteiger partial charge in [-0.2, -0.15) is 0 Å². The van der Waals surface area contributed by atoms with E-state index in [1.807, 2.05) is 30.3 Å². The summed E-state index contributed by atoms with van der Waals surface area (Å²) in [5.74, 6) is 1.62. The van der Waals surface area contributed by atoms with Gasteiger partial charge in [-0.25, -0.2) is 4.39 Å². The van der Waals surface area contributed by atoms with Gasteiger partial charge in [0.25, 0.3) is 0 Å². The third-order valence-corrected chi connectivity index (χ3v) is 4.93. The third-order valence-electron chi connectivity index (χ3n) is 4.58. The van der Waals surface area contributed by atoms with Gasteiger partial charge in [0.15, 0.2) is 11.5 Å². The molecule has 0 aliphatic rings. The van der Waals surface area contributed by atoms with Gasteiger partial charge in [-0.05, 0) is 54.6 Å². The maximum atomic E-state index is 13.9. The van der Waals surface area contributed by atoms with Gasteiger partial charge >= 0.3 is 0 Å². The third kappa shape index (κ3) is 5.62. The molecule has 29 heavy (non-hydrogen) atoms. The quantitative estimate of drug-likeness (QED) is 0.564. The Hall–Kier alpha value is -2.76. The van der Waals surface area contributed by atoms with Crippen LogP contribution in [0.15, 0.2) is 60.7 Å². The molecule has 152 valence electrons. The molecule has 0 heterocycles. The molecule has 0 aliphatic heterocycles. The number of ether oxygens (including phenoxy) is 3. The number of hydrogen-bond acceptors (Lipinski definition) is 3. The normalized spacial score (nSPS) is 10.6. The second-order valence-electron chi connectivity index (χ2n) is 6.52. The van der Waals surface area contributed by atoms with Crippen LogP contribution in [-0.4, -0.2) is 14.2 Å². The molecule has 0 amide bonds. The van der Waals surface area contributed by atoms with Gasteiger partial charge in [0.05, 0.1) is 19.2 Å². The van der Waals surface area contributed by atoms with Crippen LogP contribution in [0.4, 0.5) is 4.39 Å². The van der Waals surface area contributed by atoms with Crippen LogP contribution < -0.4 is 19.5 Å². The minimum atomic E-state index is -0.388. The molecule has 0 bridgehead atoms. The Balaban J connectivity index is 1.59. The topological polar surface area (TPSA) is 44.3 Å². The first-order chi connectivity index (χ1) is 14.1. The molecule has 6 heteroatoms. The summed E-state index contributed by atoms with van der Waals surface area (Å²) in [5.41, 5.74) is 2.65. The van der Waals surface area contributed by atoms with Crippen molar-refractivity contribution >= 4 is 11.6 Å². The number of nitrogens with two attached hydrogens (primary N) is 1. The molecule has 0 atom stereocenters. The standard InChI is InChI=1S/C23H23ClFNO3/c1-27-18-9-6-16(7-10-18)13-26-14-17-8-11-22(23(12-17)28-2)29-15-19-20(24)4-3-5-21(19)25/h3-12,26H,13-15H2,1-2H3/p+1. The molecule has 0 saturated heterocycles. The molecule has 0 aliphatic carbocycles. The zero-order valence-electron chi connectivity index (χ0n) is 16.5. The van der Waals surface area contributed by atoms with Crippen molar-refractivity contribution in [2.24, 2.45) is 0 Å². The molecule has 3 aromatic rings. The predicted octanol–water partition coefficient (Wildman–Crippen LogP) is 4.34. The van der Waals surface area contributed by atoms with Gasteiger partial charge in [0.1, 0.15) is 31.3 Å². The molecular formula is C23H24ClFNO3+. The molecule has 0 fully saturated rings. The highest BCUT2D eigenvalue weighted by molar-refractivity contribution is 6.31. The Morgan fingerprint density at radius 3 is 2.28 bits per heavy atom. The molecule has 0 saturated carbocycles. The molecule has 3 rings (SSSR count). The molecule has 2 N–H and O–H groups in total. The summed E-state index contributed by atoms with van der Waals surface area (Å²) in [4.78, 5) is 0. The van der Waals surface area contributed by atoms with Crippen LogP contribution in [0.3, 0.4) is 0 Å². The van der Waals surface area contributed by atoms with E-state index in [0.29, 0.717) is 22.1 Å². The van der Waals surface area contributed by atoms with E-state index in [0.717, 1.165) is 24.4 Å². The molecular weight excluding hydrogens is 393 g/mol. The summed E-state index contributed by atoms with van der Waals surface area (Å²) in [5, 5.41) is 2.55. The lowest BCUT2D eigenvalue weighted by molar-refractivity contribution is -0.686. The van der Waals surface area contributed by atoms with Gasteiger partial charge in [0.2, 0.25) is 0 Å². The lowest BCUT2D eigenvalue weighted by Gasteiger charge is -2.13. The predicted molar refractivity (Wildman–Crippen MR) is 111 cm³/mol. The highest BCUT2D eigenvalue weighted by atomic mass is 35.5. The lowest BCUT2D eigenvalue weighted by Crippen LogP contribution is -2.80. The smallest absolute Gasteiger partial charge is 0.161 e. The highest BCUT2D eigenvalue weighted by Crippen LogP contribution is 2.30. The van der Waals surface area contributed by atoms with E-state index in [1.54, 1.807) is 26.4 Å². The van der Waals surface area contributed by atoms with Gasteiger partial charge in [-0.3, -0.25) is 0 Å². The van der Waals surface area contributed by atoms with E-state index in [9.17, 15) is 4.39 Å². The molecule has 4 nitrogen and oxygen atoms in total. The van der Waals surface area contributed by atoms with E-state index < -0.39 is 0 Å². The summed E-state index contributed by atoms with van der Waals surface area (Å²) in [6, 6.07) is 18.4. The number of hydrogen-bond donors (Lipinski definition) is 1. The average molecular weight is 417 g/mol. The van der Waals surface area contributed by atoms with Gasteiger partial charge in [0, 0.05) is 16.7 Å². The van der Waals surface area contributed by atoms with Crippen molar-refractivity contribution in [3.05, 3.63) is 88.2 Å². The van der Waals surface area contributed by atoms with E-state index in [1.165, 1.54) is 11.6 Å². The maximum Gasteiger partial charge on any atom is 0.161 e. The van der Waals surface area contributed by atoms with Crippen molar-refractivity contribution in [1.29, 1.82) is 0 Å². The van der Waals surface area contributed by atoms with Crippen molar-refractivity contribution in [2.75, 3.05) is 14.2 Å². The van der Waals surface area contributed by atoms with E-state index in [-0.39, 0.29) is 12.4 Å². The summed E-state index contributed by atoms with van der Waals surface area (Å²) in [6.45, 7) is 1.68. The first-order valence-corrected chi connectivity index (χ1v) is 9.65. The number of rotatable bonds is 9. The van der Waals surface area contributed by atoms with Crippen molar-refractivity contribution in [3.63, 3.8) is 0 Å². The van der Waals surface area contributed by atoms with Crippen LogP contribution in [0.2, 0.25) is 5.02 Å². The zero-order valence-corrected chi connectivity index (χ0v) is 17.2. The fourth-order valence-corrected chi connectivity index (χ4v) is 3.16. The Morgan fingerprint density at radius 1 is 0.862 bits per heavy atom. The minimum Gasteiger partial charge on any atom is -0.497 e. The fourth-order valence-electron chi connectivity index (χ4n) is 2.95. The fraction of sp³-hybridized carbons (Fsp3) is 0.217. The van der Waals surface area contributed by atoms with Crippen LogP contribution in [-0.2, 0) is 19.7 Å². The number of methoxy groups -OCH3 is 2. The van der Waals surface area contributed by atoms with E-state index in [2.05, 4.69) is 17.4 Å². The largest absolute Gasteiger partial charge is 0.497 e. The first kappa shape index (κ1) is 21.0. The SMILES string of the molecule is COc1ccc(C[NH2+]Cc2ccc(OCc3c(F)cccc3Cl)c(OC)c2)cc1. The molecule has 0 radical (unpaired) electrons. The second-order valence-corrected chi connectivity index (χ2v) is 6.93. The number of quaternary nitrogens is 1. The monoisotopic (exact) mass is 416 g/mol. The maximum absolute atomic E-state index is 13.9. The molecule has 0 aromatic heterocycles.